The van der Waals surface area contributed by atoms with Crippen LogP contribution < -0.4 is 0 Å². The predicted molar refractivity (Wildman–Crippen MR) is 41.1 cm³/mol. The molecule has 0 atom stereocenters. The van der Waals surface area contributed by atoms with Gasteiger partial charge in [0.15, 0.2) is 0 Å². The largest absolute Gasteiger partial charge is 0.443 e. The first-order chi connectivity index (χ1) is 6.81. The van der Waals surface area contributed by atoms with Gasteiger partial charge >= 0.3 is 28.6 Å². The minimum absolute atomic E-state index is 1.90. The Labute approximate surface area is 87.5 Å². The van der Waals surface area contributed by atoms with Crippen LogP contribution in [0.25, 0.3) is 0 Å². The lowest BCUT2D eigenvalue weighted by Crippen LogP contribution is -2.39. The topological polar surface area (TPSA) is 198 Å². The van der Waals surface area contributed by atoms with Gasteiger partial charge in [-0.2, -0.15) is 25.3 Å². The molecule has 0 saturated carbocycles. The van der Waals surface area contributed by atoms with Gasteiger partial charge in [0.2, 0.25) is 5.03 Å². The van der Waals surface area contributed by atoms with E-state index in [2.05, 4.69) is 3.63 Å². The second-order valence-electron chi connectivity index (χ2n) is 1.82. The summed E-state index contributed by atoms with van der Waals surface area (Å²) in [5.74, 6) is 0. The summed E-state index contributed by atoms with van der Waals surface area (Å²) in [6, 6.07) is 0. The first kappa shape index (κ1) is 14.9. The number of nitrogens with zero attached hydrogens (tertiary/aromatic N) is 2. The SMILES string of the molecule is O=[N+]([O-])N(O)S(=O)(=O)S(=O)(=O)OS(=O)(=O)O. The average Bonchev–Trinajstić information content (AvgIpc) is 1.97. The summed E-state index contributed by atoms with van der Waals surface area (Å²) in [6.07, 6.45) is 0. The van der Waals surface area contributed by atoms with E-state index in [9.17, 15) is 35.4 Å². The Bertz CT molecular complexity index is 573. The molecule has 0 aromatic carbocycles. The lowest BCUT2D eigenvalue weighted by atomic mass is 12.6. The van der Waals surface area contributed by atoms with Gasteiger partial charge in [0.1, 0.15) is 4.58 Å². The zero-order valence-electron chi connectivity index (χ0n) is 6.69. The molecule has 0 saturated heterocycles. The third-order valence-corrected chi connectivity index (χ3v) is 5.62. The maximum Gasteiger partial charge on any atom is 0.443 e. The second-order valence-corrected chi connectivity index (χ2v) is 7.71. The van der Waals surface area contributed by atoms with E-state index in [0.717, 1.165) is 0 Å². The molecule has 0 radical (unpaired) electrons. The van der Waals surface area contributed by atoms with Crippen LogP contribution in [-0.4, -0.2) is 44.6 Å². The molecular weight excluding hydrogens is 300 g/mol. The van der Waals surface area contributed by atoms with E-state index in [0.29, 0.717) is 0 Å². The van der Waals surface area contributed by atoms with Crippen molar-refractivity contribution in [3.8, 4) is 0 Å². The highest BCUT2D eigenvalue weighted by Crippen LogP contribution is 2.12. The quantitative estimate of drug-likeness (QED) is 0.231. The lowest BCUT2D eigenvalue weighted by Gasteiger charge is -2.05. The number of hydrazine groups is 1. The van der Waals surface area contributed by atoms with Crippen molar-refractivity contribution in [3.63, 3.8) is 0 Å². The van der Waals surface area contributed by atoms with Crippen LogP contribution >= 0.6 is 0 Å². The Hall–Kier alpha value is -1.07. The van der Waals surface area contributed by atoms with Crippen molar-refractivity contribution in [2.45, 2.75) is 0 Å². The average molecular weight is 302 g/mol. The van der Waals surface area contributed by atoms with Crippen molar-refractivity contribution in [1.29, 1.82) is 0 Å². The maximum atomic E-state index is 10.6. The summed E-state index contributed by atoms with van der Waals surface area (Å²) in [5.41, 5.74) is 0. The summed E-state index contributed by atoms with van der Waals surface area (Å²) < 4.78 is 70.8. The highest BCUT2D eigenvalue weighted by Gasteiger charge is 2.47. The monoisotopic (exact) mass is 302 g/mol. The third kappa shape index (κ3) is 3.21. The number of hydrogen-bond acceptors (Lipinski definition) is 10. The van der Waals surface area contributed by atoms with E-state index in [-0.39, 0.29) is 0 Å². The lowest BCUT2D eigenvalue weighted by molar-refractivity contribution is -0.688. The maximum absolute atomic E-state index is 10.6. The van der Waals surface area contributed by atoms with Crippen LogP contribution in [0, 0.1) is 10.1 Å². The molecule has 96 valence electrons. The van der Waals surface area contributed by atoms with Gasteiger partial charge in [-0.15, -0.1) is 3.63 Å². The van der Waals surface area contributed by atoms with E-state index in [1.54, 1.807) is 0 Å². The van der Waals surface area contributed by atoms with Gasteiger partial charge in [0.25, 0.3) is 0 Å². The molecule has 0 aromatic heterocycles. The van der Waals surface area contributed by atoms with Gasteiger partial charge in [0.05, 0.1) is 0 Å². The van der Waals surface area contributed by atoms with E-state index in [1.165, 1.54) is 0 Å². The van der Waals surface area contributed by atoms with E-state index in [4.69, 9.17) is 9.76 Å². The summed E-state index contributed by atoms with van der Waals surface area (Å²) in [4.78, 5) is 9.73. The smallest absolute Gasteiger partial charge is 0.263 e. The highest BCUT2D eigenvalue weighted by atomic mass is 33.2. The normalized spacial score (nSPS) is 13.4. The Morgan fingerprint density at radius 1 is 1.12 bits per heavy atom. The standard InChI is InChI=1S/H2N2O11S3/c3-1(4)2(5)14(6,7)16(11,12)13-15(8,9)10/h5H,(H,8,9,10). The van der Waals surface area contributed by atoms with Gasteiger partial charge in [-0.05, 0) is 0 Å². The summed E-state index contributed by atoms with van der Waals surface area (Å²) >= 11 is 0. The van der Waals surface area contributed by atoms with Crippen LogP contribution in [0.1, 0.15) is 0 Å². The van der Waals surface area contributed by atoms with E-state index < -0.39 is 38.2 Å². The van der Waals surface area contributed by atoms with Gasteiger partial charge in [-0.1, -0.05) is 0 Å². The highest BCUT2D eigenvalue weighted by molar-refractivity contribution is 8.65. The zero-order valence-corrected chi connectivity index (χ0v) is 9.14. The van der Waals surface area contributed by atoms with Crippen LogP contribution in [0.2, 0.25) is 0 Å². The first-order valence-corrected chi connectivity index (χ1v) is 7.36. The molecule has 0 bridgehead atoms. The van der Waals surface area contributed by atoms with E-state index in [1.807, 2.05) is 0 Å². The Balaban J connectivity index is 5.61. The molecule has 0 aliphatic carbocycles. The molecule has 0 aromatic rings. The molecule has 0 fully saturated rings. The molecule has 0 aliphatic rings. The Morgan fingerprint density at radius 2 is 1.50 bits per heavy atom. The Kier molecular flexibility index (Phi) is 3.79. The van der Waals surface area contributed by atoms with Gasteiger partial charge < -0.3 is 0 Å². The molecule has 0 unspecified atom stereocenters. The van der Waals surface area contributed by atoms with Gasteiger partial charge in [0, 0.05) is 0 Å². The van der Waals surface area contributed by atoms with Crippen molar-refractivity contribution in [1.82, 2.24) is 4.58 Å². The fourth-order valence-electron chi connectivity index (χ4n) is 0.304. The van der Waals surface area contributed by atoms with Crippen LogP contribution in [-0.2, 0) is 32.2 Å². The van der Waals surface area contributed by atoms with E-state index >= 15 is 0 Å². The van der Waals surface area contributed by atoms with Crippen LogP contribution in [0.4, 0.5) is 0 Å². The van der Waals surface area contributed by atoms with Crippen molar-refractivity contribution in [2.24, 2.45) is 0 Å². The Morgan fingerprint density at radius 3 is 1.75 bits per heavy atom. The molecule has 16 heteroatoms. The molecular formula is H2N2O11S3. The summed E-state index contributed by atoms with van der Waals surface area (Å²) in [6.45, 7) is 0. The fourth-order valence-corrected chi connectivity index (χ4v) is 3.67. The third-order valence-electron chi connectivity index (χ3n) is 0.767. The van der Waals surface area contributed by atoms with Crippen molar-refractivity contribution in [3.05, 3.63) is 10.1 Å². The van der Waals surface area contributed by atoms with Crippen LogP contribution in [0.5, 0.6) is 0 Å². The zero-order chi connectivity index (χ0) is 13.4. The molecule has 0 amide bonds. The van der Waals surface area contributed by atoms with Crippen LogP contribution in [0.3, 0.4) is 0 Å². The van der Waals surface area contributed by atoms with Crippen molar-refractivity contribution < 1.29 is 43.7 Å². The van der Waals surface area contributed by atoms with Crippen molar-refractivity contribution in [2.75, 3.05) is 0 Å². The van der Waals surface area contributed by atoms with Gasteiger partial charge in [-0.25, -0.2) is 15.3 Å². The van der Waals surface area contributed by atoms with Crippen LogP contribution in [0.15, 0.2) is 0 Å². The molecule has 0 aliphatic heterocycles. The molecule has 0 rings (SSSR count). The summed E-state index contributed by atoms with van der Waals surface area (Å²) in [5, 5.41) is 15.8. The molecule has 13 nitrogen and oxygen atoms in total. The number of hydrogen-bond donors (Lipinski definition) is 2. The fraction of sp³-hybridized carbons (Fsp3) is 0. The minimum Gasteiger partial charge on any atom is -0.263 e. The number of rotatable bonds is 5. The molecule has 2 N–H and O–H groups in total. The molecule has 16 heavy (non-hydrogen) atoms. The predicted octanol–water partition coefficient (Wildman–Crippen LogP) is -2.74. The molecule has 0 heterocycles. The number of nitro groups is 1. The second kappa shape index (κ2) is 4.07. The summed E-state index contributed by atoms with van der Waals surface area (Å²) in [7, 11) is -18.1. The first-order valence-electron chi connectivity index (χ1n) is 2.63. The van der Waals surface area contributed by atoms with Gasteiger partial charge in [-0.3, -0.25) is 4.55 Å². The van der Waals surface area contributed by atoms with Crippen molar-refractivity contribution >= 4 is 28.6 Å². The molecule has 0 spiro atoms. The minimum atomic E-state index is -6.19.